The van der Waals surface area contributed by atoms with E-state index in [1.165, 1.54) is 18.2 Å². The van der Waals surface area contributed by atoms with Crippen LogP contribution in [0.15, 0.2) is 24.3 Å². The van der Waals surface area contributed by atoms with Crippen LogP contribution in [0.3, 0.4) is 0 Å². The van der Waals surface area contributed by atoms with Crippen LogP contribution in [0.25, 0.3) is 0 Å². The van der Waals surface area contributed by atoms with Gasteiger partial charge in [0.25, 0.3) is 0 Å². The van der Waals surface area contributed by atoms with Gasteiger partial charge in [-0.1, -0.05) is 38.8 Å². The number of nitrogens with one attached hydrogen (secondary N) is 1. The second kappa shape index (κ2) is 6.77. The van der Waals surface area contributed by atoms with E-state index in [1.807, 2.05) is 13.8 Å². The SMILES string of the molecule is CCC(CC)C(NN)c1cccc(OC(F)(F)F)c1. The van der Waals surface area contributed by atoms with Gasteiger partial charge in [-0.05, 0) is 23.6 Å². The number of ether oxygens (including phenoxy) is 1. The molecular formula is C13H19F3N2O. The Hall–Kier alpha value is -1.27. The Bertz CT molecular complexity index is 392. The summed E-state index contributed by atoms with van der Waals surface area (Å²) in [5, 5.41) is 0. The summed E-state index contributed by atoms with van der Waals surface area (Å²) in [6.45, 7) is 4.04. The highest BCUT2D eigenvalue weighted by atomic mass is 19.4. The van der Waals surface area contributed by atoms with Crippen molar-refractivity contribution in [1.29, 1.82) is 0 Å². The number of rotatable bonds is 6. The first-order valence-electron chi connectivity index (χ1n) is 6.23. The summed E-state index contributed by atoms with van der Waals surface area (Å²) < 4.78 is 40.5. The largest absolute Gasteiger partial charge is 0.573 e. The summed E-state index contributed by atoms with van der Waals surface area (Å²) in [7, 11) is 0. The Morgan fingerprint density at radius 3 is 2.37 bits per heavy atom. The van der Waals surface area contributed by atoms with Crippen LogP contribution in [0, 0.1) is 5.92 Å². The van der Waals surface area contributed by atoms with E-state index in [0.29, 0.717) is 5.56 Å². The van der Waals surface area contributed by atoms with Gasteiger partial charge in [0.1, 0.15) is 5.75 Å². The van der Waals surface area contributed by atoms with Crippen LogP contribution in [0.4, 0.5) is 13.2 Å². The van der Waals surface area contributed by atoms with E-state index in [0.717, 1.165) is 12.8 Å². The van der Waals surface area contributed by atoms with Gasteiger partial charge in [-0.25, -0.2) is 0 Å². The minimum atomic E-state index is -4.68. The van der Waals surface area contributed by atoms with E-state index < -0.39 is 6.36 Å². The molecule has 0 bridgehead atoms. The number of nitrogens with two attached hydrogens (primary N) is 1. The van der Waals surface area contributed by atoms with Gasteiger partial charge in [0.2, 0.25) is 0 Å². The standard InChI is InChI=1S/C13H19F3N2O/c1-3-9(4-2)12(18-17)10-6-5-7-11(8-10)19-13(14,15)16/h5-9,12,18H,3-4,17H2,1-2H3. The van der Waals surface area contributed by atoms with Crippen molar-refractivity contribution in [2.45, 2.75) is 39.1 Å². The van der Waals surface area contributed by atoms with Crippen LogP contribution in [0.1, 0.15) is 38.3 Å². The molecule has 0 aliphatic rings. The topological polar surface area (TPSA) is 47.3 Å². The third kappa shape index (κ3) is 4.72. The van der Waals surface area contributed by atoms with Crippen molar-refractivity contribution >= 4 is 0 Å². The predicted octanol–water partition coefficient (Wildman–Crippen LogP) is 3.53. The molecule has 1 aromatic rings. The number of alkyl halides is 3. The van der Waals surface area contributed by atoms with Gasteiger partial charge in [0.05, 0.1) is 0 Å². The average molecular weight is 276 g/mol. The lowest BCUT2D eigenvalue weighted by Crippen LogP contribution is -2.33. The monoisotopic (exact) mass is 276 g/mol. The Morgan fingerprint density at radius 1 is 1.26 bits per heavy atom. The summed E-state index contributed by atoms with van der Waals surface area (Å²) in [4.78, 5) is 0. The number of halogens is 3. The van der Waals surface area contributed by atoms with Crippen molar-refractivity contribution in [1.82, 2.24) is 5.43 Å². The van der Waals surface area contributed by atoms with E-state index in [2.05, 4.69) is 10.2 Å². The normalized spacial score (nSPS) is 13.6. The first-order valence-corrected chi connectivity index (χ1v) is 6.23. The molecule has 6 heteroatoms. The van der Waals surface area contributed by atoms with Crippen LogP contribution in [-0.2, 0) is 0 Å². The molecule has 1 rings (SSSR count). The van der Waals surface area contributed by atoms with Crippen molar-refractivity contribution in [2.75, 3.05) is 0 Å². The summed E-state index contributed by atoms with van der Waals surface area (Å²) in [5.41, 5.74) is 3.37. The van der Waals surface area contributed by atoms with Gasteiger partial charge in [-0.15, -0.1) is 13.2 Å². The van der Waals surface area contributed by atoms with Gasteiger partial charge >= 0.3 is 6.36 Å². The van der Waals surface area contributed by atoms with Crippen molar-refractivity contribution in [3.63, 3.8) is 0 Å². The molecule has 3 nitrogen and oxygen atoms in total. The quantitative estimate of drug-likeness (QED) is 0.617. The summed E-state index contributed by atoms with van der Waals surface area (Å²) in [6, 6.07) is 5.73. The molecule has 0 amide bonds. The second-order valence-corrected chi connectivity index (χ2v) is 4.34. The molecule has 108 valence electrons. The predicted molar refractivity (Wildman–Crippen MR) is 67.3 cm³/mol. The fourth-order valence-electron chi connectivity index (χ4n) is 2.17. The van der Waals surface area contributed by atoms with Crippen LogP contribution in [0.2, 0.25) is 0 Å². The summed E-state index contributed by atoms with van der Waals surface area (Å²) >= 11 is 0. The zero-order chi connectivity index (χ0) is 14.5. The third-order valence-corrected chi connectivity index (χ3v) is 3.15. The third-order valence-electron chi connectivity index (χ3n) is 3.15. The van der Waals surface area contributed by atoms with Gasteiger partial charge in [-0.3, -0.25) is 11.3 Å². The molecular weight excluding hydrogens is 257 g/mol. The maximum absolute atomic E-state index is 12.2. The number of hydrogen-bond donors (Lipinski definition) is 2. The molecule has 0 heterocycles. The zero-order valence-electron chi connectivity index (χ0n) is 11.0. The highest BCUT2D eigenvalue weighted by Crippen LogP contribution is 2.30. The molecule has 19 heavy (non-hydrogen) atoms. The van der Waals surface area contributed by atoms with Crippen LogP contribution >= 0.6 is 0 Å². The molecule has 0 radical (unpaired) electrons. The molecule has 0 saturated carbocycles. The van der Waals surface area contributed by atoms with E-state index in [1.54, 1.807) is 6.07 Å². The lowest BCUT2D eigenvalue weighted by molar-refractivity contribution is -0.274. The molecule has 0 fully saturated rings. The molecule has 0 aliphatic heterocycles. The van der Waals surface area contributed by atoms with Gasteiger partial charge in [0, 0.05) is 6.04 Å². The highest BCUT2D eigenvalue weighted by Gasteiger charge is 2.31. The Labute approximate surface area is 110 Å². The first-order chi connectivity index (χ1) is 8.91. The summed E-state index contributed by atoms with van der Waals surface area (Å²) in [5.74, 6) is 5.55. The zero-order valence-corrected chi connectivity index (χ0v) is 11.0. The first kappa shape index (κ1) is 15.8. The van der Waals surface area contributed by atoms with Crippen LogP contribution in [-0.4, -0.2) is 6.36 Å². The maximum Gasteiger partial charge on any atom is 0.573 e. The molecule has 0 aliphatic carbocycles. The Morgan fingerprint density at radius 2 is 1.89 bits per heavy atom. The van der Waals surface area contributed by atoms with Crippen molar-refractivity contribution < 1.29 is 17.9 Å². The number of hydrazine groups is 1. The lowest BCUT2D eigenvalue weighted by Gasteiger charge is -2.25. The van der Waals surface area contributed by atoms with Crippen molar-refractivity contribution in [2.24, 2.45) is 11.8 Å². The smallest absolute Gasteiger partial charge is 0.406 e. The molecule has 0 spiro atoms. The molecule has 0 aromatic heterocycles. The number of benzene rings is 1. The van der Waals surface area contributed by atoms with Gasteiger partial charge in [-0.2, -0.15) is 0 Å². The van der Waals surface area contributed by atoms with Crippen molar-refractivity contribution in [3.8, 4) is 5.75 Å². The maximum atomic E-state index is 12.2. The molecule has 1 atom stereocenters. The van der Waals surface area contributed by atoms with Gasteiger partial charge in [0.15, 0.2) is 0 Å². The molecule has 1 unspecified atom stereocenters. The van der Waals surface area contributed by atoms with E-state index >= 15 is 0 Å². The minimum absolute atomic E-state index is 0.188. The summed E-state index contributed by atoms with van der Waals surface area (Å²) in [6.07, 6.45) is -2.91. The lowest BCUT2D eigenvalue weighted by atomic mass is 9.89. The second-order valence-electron chi connectivity index (χ2n) is 4.34. The van der Waals surface area contributed by atoms with Crippen LogP contribution in [0.5, 0.6) is 5.75 Å². The Kier molecular flexibility index (Phi) is 5.62. The molecule has 3 N–H and O–H groups in total. The average Bonchev–Trinajstić information content (AvgIpc) is 2.34. The van der Waals surface area contributed by atoms with E-state index in [9.17, 15) is 13.2 Å². The van der Waals surface area contributed by atoms with Crippen LogP contribution < -0.4 is 16.0 Å². The molecule has 1 aromatic carbocycles. The van der Waals surface area contributed by atoms with E-state index in [4.69, 9.17) is 5.84 Å². The fourth-order valence-corrected chi connectivity index (χ4v) is 2.17. The highest BCUT2D eigenvalue weighted by molar-refractivity contribution is 5.31. The fraction of sp³-hybridized carbons (Fsp3) is 0.538. The van der Waals surface area contributed by atoms with E-state index in [-0.39, 0.29) is 17.7 Å². The van der Waals surface area contributed by atoms with Gasteiger partial charge < -0.3 is 4.74 Å². The molecule has 0 saturated heterocycles. The van der Waals surface area contributed by atoms with Crippen molar-refractivity contribution in [3.05, 3.63) is 29.8 Å². The minimum Gasteiger partial charge on any atom is -0.406 e. The Balaban J connectivity index is 2.96. The number of hydrogen-bond acceptors (Lipinski definition) is 3.